The van der Waals surface area contributed by atoms with Gasteiger partial charge in [-0.1, -0.05) is 17.7 Å². The second kappa shape index (κ2) is 8.31. The minimum atomic E-state index is -0.169. The van der Waals surface area contributed by atoms with Gasteiger partial charge in [0.2, 0.25) is 5.91 Å². The molecule has 1 aromatic carbocycles. The number of hydrogen-bond acceptors (Lipinski definition) is 6. The lowest BCUT2D eigenvalue weighted by Gasteiger charge is -2.25. The molecular formula is C21H22ClN5O3. The highest BCUT2D eigenvalue weighted by Crippen LogP contribution is 2.42. The number of aryl methyl sites for hydroxylation is 1. The van der Waals surface area contributed by atoms with Crippen LogP contribution in [0.3, 0.4) is 0 Å². The molecule has 1 N–H and O–H groups in total. The van der Waals surface area contributed by atoms with E-state index in [0.717, 1.165) is 16.8 Å². The number of rotatable bonds is 6. The predicted octanol–water partition coefficient (Wildman–Crippen LogP) is 3.90. The predicted molar refractivity (Wildman–Crippen MR) is 113 cm³/mol. The Morgan fingerprint density at radius 3 is 2.60 bits per heavy atom. The van der Waals surface area contributed by atoms with Crippen molar-refractivity contribution in [1.82, 2.24) is 20.0 Å². The summed E-state index contributed by atoms with van der Waals surface area (Å²) in [5.41, 5.74) is 2.71. The van der Waals surface area contributed by atoms with Crippen molar-refractivity contribution in [3.63, 3.8) is 0 Å². The average molecular weight is 428 g/mol. The smallest absolute Gasteiger partial charge is 0.226 e. The van der Waals surface area contributed by atoms with E-state index in [1.165, 1.54) is 0 Å². The number of amides is 1. The SMILES string of the molecule is CCOc1ccc([C@H]2CC(=O)Nc3c2c(C)nn3-c2ccc(Cl)nn2)cc1OCC. The van der Waals surface area contributed by atoms with Crippen molar-refractivity contribution in [1.29, 1.82) is 0 Å². The van der Waals surface area contributed by atoms with Crippen molar-refractivity contribution < 1.29 is 14.3 Å². The molecule has 0 spiro atoms. The summed E-state index contributed by atoms with van der Waals surface area (Å²) < 4.78 is 13.0. The van der Waals surface area contributed by atoms with Crippen LogP contribution in [0.2, 0.25) is 5.15 Å². The third kappa shape index (κ3) is 3.70. The molecule has 0 unspecified atom stereocenters. The van der Waals surface area contributed by atoms with Gasteiger partial charge in [-0.2, -0.15) is 9.78 Å². The summed E-state index contributed by atoms with van der Waals surface area (Å²) in [6.45, 7) is 6.84. The van der Waals surface area contributed by atoms with Crippen molar-refractivity contribution in [3.8, 4) is 17.3 Å². The Kier molecular flexibility index (Phi) is 5.59. The Morgan fingerprint density at radius 1 is 1.13 bits per heavy atom. The van der Waals surface area contributed by atoms with Crippen LogP contribution in [0.4, 0.5) is 5.82 Å². The van der Waals surface area contributed by atoms with Crippen LogP contribution in [0, 0.1) is 6.92 Å². The molecule has 3 aromatic rings. The second-order valence-electron chi connectivity index (χ2n) is 6.85. The Balaban J connectivity index is 1.80. The van der Waals surface area contributed by atoms with Gasteiger partial charge >= 0.3 is 0 Å². The zero-order valence-electron chi connectivity index (χ0n) is 17.0. The molecule has 156 valence electrons. The molecule has 4 rings (SSSR count). The molecule has 0 fully saturated rings. The first-order valence-corrected chi connectivity index (χ1v) is 10.2. The van der Waals surface area contributed by atoms with Gasteiger partial charge in [0.1, 0.15) is 5.82 Å². The summed E-state index contributed by atoms with van der Waals surface area (Å²) in [4.78, 5) is 12.6. The Labute approximate surface area is 179 Å². The first kappa shape index (κ1) is 20.2. The molecule has 0 aliphatic carbocycles. The summed E-state index contributed by atoms with van der Waals surface area (Å²) in [5.74, 6) is 2.16. The van der Waals surface area contributed by atoms with Gasteiger partial charge in [0.15, 0.2) is 22.5 Å². The van der Waals surface area contributed by atoms with Crippen molar-refractivity contribution in [2.45, 2.75) is 33.1 Å². The summed E-state index contributed by atoms with van der Waals surface area (Å²) in [6, 6.07) is 9.15. The molecular weight excluding hydrogens is 406 g/mol. The Morgan fingerprint density at radius 2 is 1.90 bits per heavy atom. The fourth-order valence-corrected chi connectivity index (χ4v) is 3.80. The number of benzene rings is 1. The minimum absolute atomic E-state index is 0.0950. The topological polar surface area (TPSA) is 91.2 Å². The van der Waals surface area contributed by atoms with Gasteiger partial charge < -0.3 is 14.8 Å². The van der Waals surface area contributed by atoms with Gasteiger partial charge in [0.05, 0.1) is 18.9 Å². The highest BCUT2D eigenvalue weighted by Gasteiger charge is 2.33. The quantitative estimate of drug-likeness (QED) is 0.641. The molecule has 1 aliphatic heterocycles. The zero-order valence-corrected chi connectivity index (χ0v) is 17.7. The summed E-state index contributed by atoms with van der Waals surface area (Å²) >= 11 is 5.85. The van der Waals surface area contributed by atoms with Crippen molar-refractivity contribution >= 4 is 23.3 Å². The van der Waals surface area contributed by atoms with Crippen molar-refractivity contribution in [2.24, 2.45) is 0 Å². The summed E-state index contributed by atoms with van der Waals surface area (Å²) in [6.07, 6.45) is 0.311. The fraction of sp³-hybridized carbons (Fsp3) is 0.333. The number of nitrogens with zero attached hydrogens (tertiary/aromatic N) is 4. The lowest BCUT2D eigenvalue weighted by Crippen LogP contribution is -2.25. The lowest BCUT2D eigenvalue weighted by atomic mass is 9.85. The van der Waals surface area contributed by atoms with Crippen LogP contribution in [0.1, 0.15) is 43.0 Å². The third-order valence-corrected chi connectivity index (χ3v) is 5.11. The van der Waals surface area contributed by atoms with Crippen LogP contribution >= 0.6 is 11.6 Å². The molecule has 3 heterocycles. The minimum Gasteiger partial charge on any atom is -0.490 e. The number of nitrogens with one attached hydrogen (secondary N) is 1. The molecule has 1 amide bonds. The van der Waals surface area contributed by atoms with Gasteiger partial charge in [-0.15, -0.1) is 10.2 Å². The zero-order chi connectivity index (χ0) is 21.3. The van der Waals surface area contributed by atoms with E-state index in [1.54, 1.807) is 16.8 Å². The highest BCUT2D eigenvalue weighted by molar-refractivity contribution is 6.29. The number of ether oxygens (including phenoxy) is 2. The van der Waals surface area contributed by atoms with E-state index in [0.29, 0.717) is 42.8 Å². The van der Waals surface area contributed by atoms with Crippen LogP contribution in [0.5, 0.6) is 11.5 Å². The second-order valence-corrected chi connectivity index (χ2v) is 7.24. The Bertz CT molecular complexity index is 1080. The maximum absolute atomic E-state index is 12.6. The molecule has 1 atom stereocenters. The van der Waals surface area contributed by atoms with E-state index in [2.05, 4.69) is 20.6 Å². The number of carbonyl (C=O) groups is 1. The van der Waals surface area contributed by atoms with E-state index in [9.17, 15) is 4.79 Å². The number of fused-ring (bicyclic) bond motifs is 1. The third-order valence-electron chi connectivity index (χ3n) is 4.91. The average Bonchev–Trinajstić information content (AvgIpc) is 3.06. The van der Waals surface area contributed by atoms with Crippen molar-refractivity contribution in [2.75, 3.05) is 18.5 Å². The molecule has 0 bridgehead atoms. The van der Waals surface area contributed by atoms with Crippen LogP contribution in [-0.2, 0) is 4.79 Å². The molecule has 2 aromatic heterocycles. The van der Waals surface area contributed by atoms with Crippen LogP contribution in [0.15, 0.2) is 30.3 Å². The number of halogens is 1. The monoisotopic (exact) mass is 427 g/mol. The molecule has 0 radical (unpaired) electrons. The molecule has 30 heavy (non-hydrogen) atoms. The van der Waals surface area contributed by atoms with Crippen molar-refractivity contribution in [3.05, 3.63) is 52.3 Å². The number of anilines is 1. The van der Waals surface area contributed by atoms with E-state index >= 15 is 0 Å². The first-order chi connectivity index (χ1) is 14.5. The van der Waals surface area contributed by atoms with E-state index < -0.39 is 0 Å². The lowest BCUT2D eigenvalue weighted by molar-refractivity contribution is -0.116. The first-order valence-electron chi connectivity index (χ1n) is 9.80. The number of carbonyl (C=O) groups excluding carboxylic acids is 1. The van der Waals surface area contributed by atoms with Gasteiger partial charge in [-0.25, -0.2) is 0 Å². The largest absolute Gasteiger partial charge is 0.490 e. The maximum atomic E-state index is 12.6. The van der Waals surface area contributed by atoms with Gasteiger partial charge in [0, 0.05) is 17.9 Å². The molecule has 9 heteroatoms. The van der Waals surface area contributed by atoms with Crippen LogP contribution in [0.25, 0.3) is 5.82 Å². The number of aromatic nitrogens is 4. The number of hydrogen-bond donors (Lipinski definition) is 1. The van der Waals surface area contributed by atoms with Crippen LogP contribution in [-0.4, -0.2) is 39.1 Å². The normalized spacial score (nSPS) is 15.5. The van der Waals surface area contributed by atoms with Crippen LogP contribution < -0.4 is 14.8 Å². The molecule has 0 saturated heterocycles. The van der Waals surface area contributed by atoms with E-state index in [4.69, 9.17) is 21.1 Å². The summed E-state index contributed by atoms with van der Waals surface area (Å²) in [7, 11) is 0. The van der Waals surface area contributed by atoms with E-state index in [-0.39, 0.29) is 17.0 Å². The molecule has 1 aliphatic rings. The van der Waals surface area contributed by atoms with E-state index in [1.807, 2.05) is 39.0 Å². The van der Waals surface area contributed by atoms with Gasteiger partial charge in [0.25, 0.3) is 0 Å². The standard InChI is InChI=1S/C21H22ClN5O3/c1-4-29-15-7-6-13(10-16(15)30-5-2)14-11-19(28)23-21-20(14)12(3)26-27(21)18-9-8-17(22)24-25-18/h6-10,14H,4-5,11H2,1-3H3,(H,23,28)/t14-/m1/s1. The molecule has 8 nitrogen and oxygen atoms in total. The maximum Gasteiger partial charge on any atom is 0.226 e. The Hall–Kier alpha value is -3.13. The van der Waals surface area contributed by atoms with Gasteiger partial charge in [-0.05, 0) is 50.6 Å². The highest BCUT2D eigenvalue weighted by atomic mass is 35.5. The molecule has 0 saturated carbocycles. The van der Waals surface area contributed by atoms with Gasteiger partial charge in [-0.3, -0.25) is 4.79 Å². The fourth-order valence-electron chi connectivity index (χ4n) is 3.70. The summed E-state index contributed by atoms with van der Waals surface area (Å²) in [5, 5.41) is 15.8.